The zero-order valence-corrected chi connectivity index (χ0v) is 17.7. The highest BCUT2D eigenvalue weighted by Crippen LogP contribution is 2.51. The minimum atomic E-state index is -0.660. The van der Waals surface area contributed by atoms with Crippen LogP contribution in [-0.4, -0.2) is 40.2 Å². The molecule has 3 fully saturated rings. The van der Waals surface area contributed by atoms with Gasteiger partial charge in [0.1, 0.15) is 5.75 Å². The first-order chi connectivity index (χ1) is 14.6. The van der Waals surface area contributed by atoms with Crippen molar-refractivity contribution in [2.75, 3.05) is 13.1 Å². The lowest BCUT2D eigenvalue weighted by Crippen LogP contribution is -2.37. The molecule has 1 aromatic heterocycles. The van der Waals surface area contributed by atoms with Crippen molar-refractivity contribution in [3.05, 3.63) is 36.0 Å². The Hall–Kier alpha value is -2.14. The van der Waals surface area contributed by atoms with Gasteiger partial charge in [0, 0.05) is 11.9 Å². The van der Waals surface area contributed by atoms with Gasteiger partial charge in [0.05, 0.1) is 23.2 Å². The molecule has 5 rings (SSSR count). The van der Waals surface area contributed by atoms with Crippen LogP contribution in [0.25, 0.3) is 10.9 Å². The number of carboxylic acids is 1. The number of hydrogen-bond acceptors (Lipinski definition) is 4. The Balaban J connectivity index is 1.19. The van der Waals surface area contributed by atoms with Crippen LogP contribution in [0.1, 0.15) is 63.5 Å². The molecule has 2 aromatic rings. The van der Waals surface area contributed by atoms with E-state index in [9.17, 15) is 4.79 Å². The number of fused-ring (bicyclic) bond motifs is 1. The van der Waals surface area contributed by atoms with Crippen LogP contribution in [0, 0.1) is 11.3 Å². The summed E-state index contributed by atoms with van der Waals surface area (Å²) in [6.45, 7) is 2.43. The van der Waals surface area contributed by atoms with E-state index in [4.69, 9.17) is 14.8 Å². The average Bonchev–Trinajstić information content (AvgIpc) is 2.74. The standard InChI is InChI=1S/C25H32N2O3/c28-24(29)18-8-14-27(15-9-18)17-20-3-2-19-16-22(4-5-23(19)26-20)30-21-6-12-25(13-7-21)10-1-11-25/h2-5,16,18,21H,1,6-15,17H2,(H,28,29). The van der Waals surface area contributed by atoms with Gasteiger partial charge in [-0.1, -0.05) is 12.5 Å². The summed E-state index contributed by atoms with van der Waals surface area (Å²) in [6, 6.07) is 10.5. The van der Waals surface area contributed by atoms with E-state index in [1.165, 1.54) is 44.9 Å². The number of rotatable bonds is 5. The number of benzene rings is 1. The molecule has 0 atom stereocenters. The summed E-state index contributed by atoms with van der Waals surface area (Å²) < 4.78 is 6.32. The van der Waals surface area contributed by atoms with Crippen molar-refractivity contribution in [1.82, 2.24) is 9.88 Å². The summed E-state index contributed by atoms with van der Waals surface area (Å²) in [5, 5.41) is 10.3. The maximum Gasteiger partial charge on any atom is 0.306 e. The number of carboxylic acid groups (broad SMARTS) is 1. The maximum absolute atomic E-state index is 11.1. The number of carbonyl (C=O) groups is 1. The lowest BCUT2D eigenvalue weighted by atomic mass is 9.60. The highest BCUT2D eigenvalue weighted by Gasteiger charge is 2.40. The fourth-order valence-electron chi connectivity index (χ4n) is 5.57. The molecule has 0 unspecified atom stereocenters. The van der Waals surface area contributed by atoms with Crippen molar-refractivity contribution in [1.29, 1.82) is 0 Å². The number of aromatic nitrogens is 1. The van der Waals surface area contributed by atoms with E-state index in [1.807, 2.05) is 0 Å². The van der Waals surface area contributed by atoms with E-state index >= 15 is 0 Å². The second-order valence-corrected chi connectivity index (χ2v) is 9.72. The first-order valence-electron chi connectivity index (χ1n) is 11.6. The number of piperidine rings is 1. The van der Waals surface area contributed by atoms with Crippen LogP contribution in [0.5, 0.6) is 5.75 Å². The quantitative estimate of drug-likeness (QED) is 0.752. The normalized spacial score (nSPS) is 22.8. The Morgan fingerprint density at radius 3 is 2.50 bits per heavy atom. The Labute approximate surface area is 178 Å². The van der Waals surface area contributed by atoms with Crippen molar-refractivity contribution >= 4 is 16.9 Å². The monoisotopic (exact) mass is 408 g/mol. The molecule has 5 heteroatoms. The Morgan fingerprint density at radius 1 is 1.07 bits per heavy atom. The molecule has 30 heavy (non-hydrogen) atoms. The average molecular weight is 409 g/mol. The number of pyridine rings is 1. The lowest BCUT2D eigenvalue weighted by molar-refractivity contribution is -0.143. The fourth-order valence-corrected chi connectivity index (χ4v) is 5.57. The number of aliphatic carboxylic acids is 1. The van der Waals surface area contributed by atoms with E-state index in [0.717, 1.165) is 54.8 Å². The second-order valence-electron chi connectivity index (χ2n) is 9.72. The van der Waals surface area contributed by atoms with Crippen LogP contribution < -0.4 is 4.74 Å². The predicted molar refractivity (Wildman–Crippen MR) is 117 cm³/mol. The highest BCUT2D eigenvalue weighted by molar-refractivity contribution is 5.80. The third-order valence-electron chi connectivity index (χ3n) is 7.75. The summed E-state index contributed by atoms with van der Waals surface area (Å²) in [4.78, 5) is 18.3. The molecule has 2 saturated carbocycles. The van der Waals surface area contributed by atoms with Crippen molar-refractivity contribution in [2.45, 2.75) is 70.4 Å². The number of nitrogens with zero attached hydrogens (tertiary/aromatic N) is 2. The lowest BCUT2D eigenvalue weighted by Gasteiger charge is -2.46. The smallest absolute Gasteiger partial charge is 0.306 e. The zero-order chi connectivity index (χ0) is 20.6. The van der Waals surface area contributed by atoms with Crippen LogP contribution >= 0.6 is 0 Å². The molecule has 3 aliphatic rings. The van der Waals surface area contributed by atoms with Crippen molar-refractivity contribution < 1.29 is 14.6 Å². The van der Waals surface area contributed by atoms with Crippen molar-refractivity contribution in [2.24, 2.45) is 11.3 Å². The third-order valence-corrected chi connectivity index (χ3v) is 7.75. The first kappa shape index (κ1) is 19.8. The maximum atomic E-state index is 11.1. The van der Waals surface area contributed by atoms with Gasteiger partial charge in [-0.2, -0.15) is 0 Å². The zero-order valence-electron chi connectivity index (χ0n) is 17.7. The SMILES string of the molecule is O=C(O)C1CCN(Cc2ccc3cc(OC4CCC5(CCC5)CC4)ccc3n2)CC1. The van der Waals surface area contributed by atoms with Gasteiger partial charge in [-0.05, 0) is 94.1 Å². The van der Waals surface area contributed by atoms with Crippen LogP contribution in [-0.2, 0) is 11.3 Å². The largest absolute Gasteiger partial charge is 0.490 e. The molecule has 0 radical (unpaired) electrons. The molecule has 2 aliphatic carbocycles. The Morgan fingerprint density at radius 2 is 1.83 bits per heavy atom. The van der Waals surface area contributed by atoms with E-state index in [0.29, 0.717) is 11.5 Å². The van der Waals surface area contributed by atoms with Crippen LogP contribution in [0.3, 0.4) is 0 Å². The highest BCUT2D eigenvalue weighted by atomic mass is 16.5. The molecule has 0 bridgehead atoms. The first-order valence-corrected chi connectivity index (χ1v) is 11.6. The summed E-state index contributed by atoms with van der Waals surface area (Å²) in [7, 11) is 0. The molecular formula is C25H32N2O3. The summed E-state index contributed by atoms with van der Waals surface area (Å²) in [6.07, 6.45) is 11.1. The van der Waals surface area contributed by atoms with Crippen LogP contribution in [0.4, 0.5) is 0 Å². The fraction of sp³-hybridized carbons (Fsp3) is 0.600. The molecule has 1 aliphatic heterocycles. The van der Waals surface area contributed by atoms with E-state index < -0.39 is 5.97 Å². The van der Waals surface area contributed by atoms with Crippen LogP contribution in [0.2, 0.25) is 0 Å². The van der Waals surface area contributed by atoms with Gasteiger partial charge < -0.3 is 9.84 Å². The molecule has 1 saturated heterocycles. The number of hydrogen-bond donors (Lipinski definition) is 1. The molecule has 1 spiro atoms. The van der Waals surface area contributed by atoms with Gasteiger partial charge in [0.15, 0.2) is 0 Å². The van der Waals surface area contributed by atoms with E-state index in [2.05, 4.69) is 35.2 Å². The van der Waals surface area contributed by atoms with Crippen molar-refractivity contribution in [3.8, 4) is 5.75 Å². The predicted octanol–water partition coefficient (Wildman–Crippen LogP) is 5.02. The van der Waals surface area contributed by atoms with E-state index in [-0.39, 0.29) is 5.92 Å². The third kappa shape index (κ3) is 4.18. The van der Waals surface area contributed by atoms with Gasteiger partial charge in [-0.15, -0.1) is 0 Å². The Kier molecular flexibility index (Phi) is 5.40. The van der Waals surface area contributed by atoms with Gasteiger partial charge in [-0.3, -0.25) is 14.7 Å². The summed E-state index contributed by atoms with van der Waals surface area (Å²) >= 11 is 0. The summed E-state index contributed by atoms with van der Waals surface area (Å²) in [5.74, 6) is 0.113. The second kappa shape index (κ2) is 8.18. The van der Waals surface area contributed by atoms with Gasteiger partial charge in [0.25, 0.3) is 0 Å². The molecule has 1 N–H and O–H groups in total. The van der Waals surface area contributed by atoms with Crippen molar-refractivity contribution in [3.63, 3.8) is 0 Å². The molecule has 5 nitrogen and oxygen atoms in total. The van der Waals surface area contributed by atoms with Gasteiger partial charge in [0.2, 0.25) is 0 Å². The molecule has 1 aromatic carbocycles. The number of likely N-dealkylation sites (tertiary alicyclic amines) is 1. The minimum Gasteiger partial charge on any atom is -0.490 e. The molecular weight excluding hydrogens is 376 g/mol. The Bertz CT molecular complexity index is 906. The van der Waals surface area contributed by atoms with E-state index in [1.54, 1.807) is 0 Å². The summed E-state index contributed by atoms with van der Waals surface area (Å²) in [5.41, 5.74) is 2.72. The topological polar surface area (TPSA) is 62.7 Å². The minimum absolute atomic E-state index is 0.187. The molecule has 2 heterocycles. The molecule has 160 valence electrons. The van der Waals surface area contributed by atoms with Gasteiger partial charge >= 0.3 is 5.97 Å². The van der Waals surface area contributed by atoms with Crippen LogP contribution in [0.15, 0.2) is 30.3 Å². The number of ether oxygens (including phenoxy) is 1. The van der Waals surface area contributed by atoms with Gasteiger partial charge in [-0.25, -0.2) is 0 Å². The molecule has 0 amide bonds.